The van der Waals surface area contributed by atoms with Crippen molar-refractivity contribution < 1.29 is 4.79 Å². The summed E-state index contributed by atoms with van der Waals surface area (Å²) in [5.41, 5.74) is 2.13. The summed E-state index contributed by atoms with van der Waals surface area (Å²) < 4.78 is 1.89. The SMILES string of the molecule is CN(CCCNC(=O)CSc1nnc(-c2ccncc2)n1C)c1ccccc1. The average molecular weight is 397 g/mol. The van der Waals surface area contributed by atoms with Gasteiger partial charge in [0.05, 0.1) is 5.75 Å². The first-order chi connectivity index (χ1) is 13.6. The Hall–Kier alpha value is -2.87. The van der Waals surface area contributed by atoms with Crippen LogP contribution in [0.5, 0.6) is 0 Å². The van der Waals surface area contributed by atoms with Crippen LogP contribution in [-0.2, 0) is 11.8 Å². The van der Waals surface area contributed by atoms with Crippen LogP contribution in [0.4, 0.5) is 5.69 Å². The minimum atomic E-state index is 0.000764. The fourth-order valence-corrected chi connectivity index (χ4v) is 3.47. The van der Waals surface area contributed by atoms with Gasteiger partial charge >= 0.3 is 0 Å². The molecule has 1 aromatic carbocycles. The van der Waals surface area contributed by atoms with Crippen molar-refractivity contribution in [1.82, 2.24) is 25.1 Å². The number of hydrogen-bond donors (Lipinski definition) is 1. The molecule has 0 saturated heterocycles. The number of nitrogens with one attached hydrogen (secondary N) is 1. The molecule has 146 valence electrons. The van der Waals surface area contributed by atoms with E-state index in [1.165, 1.54) is 17.4 Å². The van der Waals surface area contributed by atoms with Crippen LogP contribution in [0, 0.1) is 0 Å². The van der Waals surface area contributed by atoms with Gasteiger partial charge in [0, 0.05) is 50.8 Å². The monoisotopic (exact) mass is 396 g/mol. The molecule has 8 heteroatoms. The van der Waals surface area contributed by atoms with E-state index in [4.69, 9.17) is 0 Å². The van der Waals surface area contributed by atoms with E-state index in [-0.39, 0.29) is 5.91 Å². The van der Waals surface area contributed by atoms with Crippen molar-refractivity contribution >= 4 is 23.4 Å². The number of amides is 1. The van der Waals surface area contributed by atoms with Gasteiger partial charge < -0.3 is 14.8 Å². The molecule has 2 aromatic heterocycles. The maximum Gasteiger partial charge on any atom is 0.230 e. The molecule has 0 fully saturated rings. The van der Waals surface area contributed by atoms with Crippen molar-refractivity contribution in [2.24, 2.45) is 7.05 Å². The van der Waals surface area contributed by atoms with E-state index in [2.05, 4.69) is 44.6 Å². The van der Waals surface area contributed by atoms with E-state index in [0.717, 1.165) is 24.4 Å². The summed E-state index contributed by atoms with van der Waals surface area (Å²) >= 11 is 1.38. The number of anilines is 1. The van der Waals surface area contributed by atoms with Gasteiger partial charge in [-0.3, -0.25) is 9.78 Å². The topological polar surface area (TPSA) is 75.9 Å². The predicted molar refractivity (Wildman–Crippen MR) is 112 cm³/mol. The molecule has 1 amide bonds. The molecule has 0 unspecified atom stereocenters. The van der Waals surface area contributed by atoms with E-state index in [9.17, 15) is 4.79 Å². The van der Waals surface area contributed by atoms with Crippen LogP contribution in [0.3, 0.4) is 0 Å². The fraction of sp³-hybridized carbons (Fsp3) is 0.300. The molecule has 0 spiro atoms. The lowest BCUT2D eigenvalue weighted by Crippen LogP contribution is -2.29. The van der Waals surface area contributed by atoms with Gasteiger partial charge in [-0.05, 0) is 30.7 Å². The summed E-state index contributed by atoms with van der Waals surface area (Å²) in [7, 11) is 3.96. The summed E-state index contributed by atoms with van der Waals surface area (Å²) in [6.45, 7) is 1.54. The Morgan fingerprint density at radius 3 is 2.64 bits per heavy atom. The minimum absolute atomic E-state index is 0.000764. The van der Waals surface area contributed by atoms with Crippen LogP contribution in [-0.4, -0.2) is 51.5 Å². The zero-order valence-electron chi connectivity index (χ0n) is 16.1. The molecule has 0 aliphatic carbocycles. The second-order valence-electron chi connectivity index (χ2n) is 6.35. The van der Waals surface area contributed by atoms with Crippen LogP contribution in [0.2, 0.25) is 0 Å². The second kappa shape index (κ2) is 9.89. The molecule has 0 bridgehead atoms. The van der Waals surface area contributed by atoms with Gasteiger partial charge in [0.15, 0.2) is 11.0 Å². The molecular formula is C20H24N6OS. The van der Waals surface area contributed by atoms with Crippen molar-refractivity contribution in [2.75, 3.05) is 30.8 Å². The highest BCUT2D eigenvalue weighted by atomic mass is 32.2. The van der Waals surface area contributed by atoms with Gasteiger partial charge in [0.2, 0.25) is 5.91 Å². The van der Waals surface area contributed by atoms with Gasteiger partial charge in [0.25, 0.3) is 0 Å². The molecule has 0 aliphatic rings. The third kappa shape index (κ3) is 5.32. The second-order valence-corrected chi connectivity index (χ2v) is 7.29. The smallest absolute Gasteiger partial charge is 0.230 e. The first-order valence-electron chi connectivity index (χ1n) is 9.10. The molecule has 7 nitrogen and oxygen atoms in total. The average Bonchev–Trinajstić information content (AvgIpc) is 3.11. The zero-order valence-corrected chi connectivity index (χ0v) is 16.9. The van der Waals surface area contributed by atoms with E-state index >= 15 is 0 Å². The number of rotatable bonds is 9. The first-order valence-corrected chi connectivity index (χ1v) is 10.1. The Balaban J connectivity index is 1.40. The number of pyridine rings is 1. The molecule has 2 heterocycles. The molecule has 28 heavy (non-hydrogen) atoms. The number of para-hydroxylation sites is 1. The summed E-state index contributed by atoms with van der Waals surface area (Å²) in [6.07, 6.45) is 4.33. The predicted octanol–water partition coefficient (Wildman–Crippen LogP) is 2.61. The van der Waals surface area contributed by atoms with Crippen molar-refractivity contribution in [3.63, 3.8) is 0 Å². The summed E-state index contributed by atoms with van der Waals surface area (Å²) in [6, 6.07) is 14.0. The standard InChI is InChI=1S/C20H24N6OS/c1-25(17-7-4-3-5-8-17)14-6-11-22-18(27)15-28-20-24-23-19(26(20)2)16-9-12-21-13-10-16/h3-5,7-10,12-13H,6,11,14-15H2,1-2H3,(H,22,27). The highest BCUT2D eigenvalue weighted by Crippen LogP contribution is 2.21. The zero-order chi connectivity index (χ0) is 19.8. The van der Waals surface area contributed by atoms with Crippen molar-refractivity contribution in [1.29, 1.82) is 0 Å². The van der Waals surface area contributed by atoms with Gasteiger partial charge in [-0.1, -0.05) is 30.0 Å². The lowest BCUT2D eigenvalue weighted by Gasteiger charge is -2.19. The van der Waals surface area contributed by atoms with E-state index < -0.39 is 0 Å². The van der Waals surface area contributed by atoms with Crippen molar-refractivity contribution in [3.8, 4) is 11.4 Å². The number of carbonyl (C=O) groups excluding carboxylic acids is 1. The van der Waals surface area contributed by atoms with Crippen molar-refractivity contribution in [2.45, 2.75) is 11.6 Å². The van der Waals surface area contributed by atoms with Gasteiger partial charge in [0.1, 0.15) is 0 Å². The van der Waals surface area contributed by atoms with Gasteiger partial charge in [-0.2, -0.15) is 0 Å². The summed E-state index contributed by atoms with van der Waals surface area (Å²) in [5, 5.41) is 12.1. The fourth-order valence-electron chi connectivity index (χ4n) is 2.73. The van der Waals surface area contributed by atoms with E-state index in [1.54, 1.807) is 12.4 Å². The molecule has 0 saturated carbocycles. The maximum atomic E-state index is 12.1. The van der Waals surface area contributed by atoms with Gasteiger partial charge in [-0.25, -0.2) is 0 Å². The van der Waals surface area contributed by atoms with Gasteiger partial charge in [-0.15, -0.1) is 10.2 Å². The normalized spacial score (nSPS) is 10.6. The number of aromatic nitrogens is 4. The Morgan fingerprint density at radius 1 is 1.14 bits per heavy atom. The van der Waals surface area contributed by atoms with E-state index in [1.807, 2.05) is 41.9 Å². The molecule has 0 aliphatic heterocycles. The van der Waals surface area contributed by atoms with Crippen LogP contribution in [0.15, 0.2) is 60.0 Å². The number of hydrogen-bond acceptors (Lipinski definition) is 6. The highest BCUT2D eigenvalue weighted by molar-refractivity contribution is 7.99. The molecule has 0 atom stereocenters. The van der Waals surface area contributed by atoms with Crippen LogP contribution >= 0.6 is 11.8 Å². The Bertz CT molecular complexity index is 884. The van der Waals surface area contributed by atoms with Crippen LogP contribution < -0.4 is 10.2 Å². The Kier molecular flexibility index (Phi) is 7.02. The van der Waals surface area contributed by atoms with Crippen LogP contribution in [0.1, 0.15) is 6.42 Å². The lowest BCUT2D eigenvalue weighted by molar-refractivity contribution is -0.118. The molecule has 1 N–H and O–H groups in total. The molecule has 0 radical (unpaired) electrons. The Labute approximate surface area is 169 Å². The quantitative estimate of drug-likeness (QED) is 0.443. The summed E-state index contributed by atoms with van der Waals surface area (Å²) in [4.78, 5) is 18.3. The Morgan fingerprint density at radius 2 is 1.89 bits per heavy atom. The summed E-state index contributed by atoms with van der Waals surface area (Å²) in [5.74, 6) is 1.08. The number of thioether (sulfide) groups is 1. The maximum absolute atomic E-state index is 12.1. The van der Waals surface area contributed by atoms with Crippen LogP contribution in [0.25, 0.3) is 11.4 Å². The largest absolute Gasteiger partial charge is 0.375 e. The third-order valence-electron chi connectivity index (χ3n) is 4.30. The van der Waals surface area contributed by atoms with E-state index in [0.29, 0.717) is 17.5 Å². The molecular weight excluding hydrogens is 372 g/mol. The minimum Gasteiger partial charge on any atom is -0.375 e. The van der Waals surface area contributed by atoms with Crippen molar-refractivity contribution in [3.05, 3.63) is 54.9 Å². The number of benzene rings is 1. The third-order valence-corrected chi connectivity index (χ3v) is 5.32. The number of carbonyl (C=O) groups is 1. The first kappa shape index (κ1) is 19.9. The molecule has 3 rings (SSSR count). The molecule has 3 aromatic rings. The highest BCUT2D eigenvalue weighted by Gasteiger charge is 2.12. The number of nitrogens with zero attached hydrogens (tertiary/aromatic N) is 5. The lowest BCUT2D eigenvalue weighted by atomic mass is 10.2.